The van der Waals surface area contributed by atoms with E-state index in [4.69, 9.17) is 4.74 Å². The molecule has 0 saturated carbocycles. The van der Waals surface area contributed by atoms with Crippen LogP contribution in [0.1, 0.15) is 38.2 Å². The van der Waals surface area contributed by atoms with Crippen LogP contribution in [0.5, 0.6) is 0 Å². The van der Waals surface area contributed by atoms with Crippen molar-refractivity contribution in [1.29, 1.82) is 0 Å². The minimum Gasteiger partial charge on any atom is -0.383 e. The first-order chi connectivity index (χ1) is 9.22. The van der Waals surface area contributed by atoms with Gasteiger partial charge < -0.3 is 10.1 Å². The number of ether oxygens (including phenoxy) is 1. The van der Waals surface area contributed by atoms with Crippen molar-refractivity contribution in [3.63, 3.8) is 0 Å². The first-order valence-electron chi connectivity index (χ1n) is 7.18. The van der Waals surface area contributed by atoms with E-state index in [0.717, 1.165) is 31.5 Å². The van der Waals surface area contributed by atoms with Crippen LogP contribution in [0.4, 0.5) is 4.39 Å². The summed E-state index contributed by atoms with van der Waals surface area (Å²) in [5.41, 5.74) is 1.10. The third-order valence-corrected chi connectivity index (χ3v) is 3.74. The fourth-order valence-electron chi connectivity index (χ4n) is 2.58. The Morgan fingerprint density at radius 2 is 2.00 bits per heavy atom. The lowest BCUT2D eigenvalue weighted by Gasteiger charge is -2.26. The van der Waals surface area contributed by atoms with Gasteiger partial charge in [0.15, 0.2) is 0 Å². The van der Waals surface area contributed by atoms with Crippen molar-refractivity contribution in [3.05, 3.63) is 35.6 Å². The van der Waals surface area contributed by atoms with E-state index < -0.39 is 0 Å². The Kier molecular flexibility index (Phi) is 7.68. The van der Waals surface area contributed by atoms with E-state index in [9.17, 15) is 4.39 Å². The summed E-state index contributed by atoms with van der Waals surface area (Å²) in [6.07, 6.45) is 2.23. The molecule has 0 bridgehead atoms. The minimum absolute atomic E-state index is 0.148. The molecule has 1 atom stereocenters. The zero-order chi connectivity index (χ0) is 14.1. The molecule has 1 unspecified atom stereocenters. The molecular weight excluding hydrogens is 241 g/mol. The van der Waals surface area contributed by atoms with Gasteiger partial charge in [-0.25, -0.2) is 4.39 Å². The second-order valence-electron chi connectivity index (χ2n) is 4.93. The average Bonchev–Trinajstić information content (AvgIpc) is 2.42. The molecule has 0 spiro atoms. The Labute approximate surface area is 116 Å². The molecule has 0 saturated heterocycles. The summed E-state index contributed by atoms with van der Waals surface area (Å²) in [4.78, 5) is 0. The van der Waals surface area contributed by atoms with Gasteiger partial charge >= 0.3 is 0 Å². The van der Waals surface area contributed by atoms with Crippen LogP contribution in [0.25, 0.3) is 0 Å². The van der Waals surface area contributed by atoms with Gasteiger partial charge in [-0.2, -0.15) is 0 Å². The molecule has 1 rings (SSSR count). The van der Waals surface area contributed by atoms with Crippen LogP contribution in [0, 0.1) is 11.7 Å². The molecule has 0 aliphatic carbocycles. The molecule has 2 nitrogen and oxygen atoms in total. The third kappa shape index (κ3) is 5.29. The molecule has 0 heterocycles. The number of benzene rings is 1. The van der Waals surface area contributed by atoms with Gasteiger partial charge in [-0.3, -0.25) is 0 Å². The van der Waals surface area contributed by atoms with Crippen LogP contribution >= 0.6 is 0 Å². The lowest BCUT2D eigenvalue weighted by atomic mass is 9.82. The number of nitrogens with one attached hydrogen (secondary N) is 1. The molecule has 1 aromatic rings. The first-order valence-corrected chi connectivity index (χ1v) is 7.18. The lowest BCUT2D eigenvalue weighted by molar-refractivity contribution is 0.197. The van der Waals surface area contributed by atoms with Crippen LogP contribution in [0.15, 0.2) is 24.3 Å². The Balaban J connectivity index is 2.73. The van der Waals surface area contributed by atoms with Gasteiger partial charge in [-0.15, -0.1) is 0 Å². The van der Waals surface area contributed by atoms with Crippen LogP contribution in [0.3, 0.4) is 0 Å². The molecule has 3 heteroatoms. The smallest absolute Gasteiger partial charge is 0.123 e. The SMILES string of the molecule is CCC(CC)C(CNCCOC)c1cccc(F)c1. The number of halogens is 1. The molecule has 0 aromatic heterocycles. The van der Waals surface area contributed by atoms with Crippen LogP contribution in [0.2, 0.25) is 0 Å². The molecule has 0 radical (unpaired) electrons. The minimum atomic E-state index is -0.148. The van der Waals surface area contributed by atoms with Crippen molar-refractivity contribution in [2.45, 2.75) is 32.6 Å². The van der Waals surface area contributed by atoms with E-state index >= 15 is 0 Å². The summed E-state index contributed by atoms with van der Waals surface area (Å²) in [6, 6.07) is 7.01. The molecule has 0 aliphatic rings. The highest BCUT2D eigenvalue weighted by Crippen LogP contribution is 2.29. The lowest BCUT2D eigenvalue weighted by Crippen LogP contribution is -2.29. The normalized spacial score (nSPS) is 12.9. The van der Waals surface area contributed by atoms with Gasteiger partial charge in [0.25, 0.3) is 0 Å². The van der Waals surface area contributed by atoms with Gasteiger partial charge in [-0.05, 0) is 29.5 Å². The Morgan fingerprint density at radius 3 is 2.58 bits per heavy atom. The van der Waals surface area contributed by atoms with Gasteiger partial charge in [0, 0.05) is 20.2 Å². The van der Waals surface area contributed by atoms with Crippen molar-refractivity contribution in [2.75, 3.05) is 26.8 Å². The van der Waals surface area contributed by atoms with Gasteiger partial charge in [0.2, 0.25) is 0 Å². The maximum absolute atomic E-state index is 13.4. The van der Waals surface area contributed by atoms with E-state index in [1.54, 1.807) is 19.2 Å². The highest BCUT2D eigenvalue weighted by atomic mass is 19.1. The van der Waals surface area contributed by atoms with E-state index in [1.807, 2.05) is 6.07 Å². The third-order valence-electron chi connectivity index (χ3n) is 3.74. The molecule has 0 fully saturated rings. The predicted octanol–water partition coefficient (Wildman–Crippen LogP) is 3.58. The van der Waals surface area contributed by atoms with Crippen LogP contribution < -0.4 is 5.32 Å². The van der Waals surface area contributed by atoms with E-state index in [2.05, 4.69) is 19.2 Å². The van der Waals surface area contributed by atoms with Gasteiger partial charge in [0.1, 0.15) is 5.82 Å². The summed E-state index contributed by atoms with van der Waals surface area (Å²) in [7, 11) is 1.70. The van der Waals surface area contributed by atoms with Crippen LogP contribution in [-0.4, -0.2) is 26.8 Å². The Morgan fingerprint density at radius 1 is 1.26 bits per heavy atom. The van der Waals surface area contributed by atoms with E-state index in [-0.39, 0.29) is 5.82 Å². The number of hydrogen-bond acceptors (Lipinski definition) is 2. The molecule has 19 heavy (non-hydrogen) atoms. The number of hydrogen-bond donors (Lipinski definition) is 1. The Bertz CT molecular complexity index is 352. The standard InChI is InChI=1S/C16H26FNO/c1-4-13(5-2)16(12-18-9-10-19-3)14-7-6-8-15(17)11-14/h6-8,11,13,16,18H,4-5,9-10,12H2,1-3H3. The molecule has 1 N–H and O–H groups in total. The molecule has 0 aliphatic heterocycles. The number of methoxy groups -OCH3 is 1. The molecular formula is C16H26FNO. The van der Waals surface area contributed by atoms with E-state index in [1.165, 1.54) is 6.07 Å². The zero-order valence-corrected chi connectivity index (χ0v) is 12.3. The Hall–Kier alpha value is -0.930. The highest BCUT2D eigenvalue weighted by molar-refractivity contribution is 5.22. The van der Waals surface area contributed by atoms with E-state index in [0.29, 0.717) is 18.4 Å². The summed E-state index contributed by atoms with van der Waals surface area (Å²) in [6.45, 7) is 6.83. The molecule has 108 valence electrons. The van der Waals surface area contributed by atoms with Gasteiger partial charge in [-0.1, -0.05) is 38.8 Å². The second-order valence-corrected chi connectivity index (χ2v) is 4.93. The van der Waals surface area contributed by atoms with Gasteiger partial charge in [0.05, 0.1) is 6.61 Å². The fourth-order valence-corrected chi connectivity index (χ4v) is 2.58. The molecule has 0 amide bonds. The van der Waals surface area contributed by atoms with Crippen LogP contribution in [-0.2, 0) is 4.74 Å². The summed E-state index contributed by atoms with van der Waals surface area (Å²) in [5.74, 6) is 0.796. The highest BCUT2D eigenvalue weighted by Gasteiger charge is 2.20. The van der Waals surface area contributed by atoms with Crippen molar-refractivity contribution < 1.29 is 9.13 Å². The van der Waals surface area contributed by atoms with Crippen molar-refractivity contribution >= 4 is 0 Å². The first kappa shape index (κ1) is 16.1. The van der Waals surface area contributed by atoms with Crippen molar-refractivity contribution in [1.82, 2.24) is 5.32 Å². The predicted molar refractivity (Wildman–Crippen MR) is 78.0 cm³/mol. The monoisotopic (exact) mass is 267 g/mol. The molecule has 1 aromatic carbocycles. The largest absolute Gasteiger partial charge is 0.383 e. The zero-order valence-electron chi connectivity index (χ0n) is 12.3. The topological polar surface area (TPSA) is 21.3 Å². The second kappa shape index (κ2) is 9.05. The summed E-state index contributed by atoms with van der Waals surface area (Å²) >= 11 is 0. The van der Waals surface area contributed by atoms with Crippen molar-refractivity contribution in [2.24, 2.45) is 5.92 Å². The maximum Gasteiger partial charge on any atom is 0.123 e. The maximum atomic E-state index is 13.4. The number of rotatable bonds is 9. The summed E-state index contributed by atoms with van der Waals surface area (Å²) < 4.78 is 18.4. The fraction of sp³-hybridized carbons (Fsp3) is 0.625. The quantitative estimate of drug-likeness (QED) is 0.690. The summed E-state index contributed by atoms with van der Waals surface area (Å²) in [5, 5.41) is 3.41. The average molecular weight is 267 g/mol. The van der Waals surface area contributed by atoms with Crippen molar-refractivity contribution in [3.8, 4) is 0 Å².